The van der Waals surface area contributed by atoms with Crippen molar-refractivity contribution < 1.29 is 14.3 Å². The maximum atomic E-state index is 11.8. The minimum absolute atomic E-state index is 0.243. The second-order valence-electron chi connectivity index (χ2n) is 5.68. The van der Waals surface area contributed by atoms with Crippen molar-refractivity contribution in [3.8, 4) is 5.75 Å². The maximum absolute atomic E-state index is 11.8. The number of nitrogens with one attached hydrogen (secondary N) is 1. The molecule has 0 fully saturated rings. The van der Waals surface area contributed by atoms with Gasteiger partial charge in [0.2, 0.25) is 0 Å². The molecule has 0 amide bonds. The van der Waals surface area contributed by atoms with Gasteiger partial charge in [-0.1, -0.05) is 12.1 Å². The summed E-state index contributed by atoms with van der Waals surface area (Å²) >= 11 is 0. The Hall–Kier alpha value is -1.55. The lowest BCUT2D eigenvalue weighted by Gasteiger charge is -2.26. The molecular weight excluding hydrogens is 266 g/mol. The summed E-state index contributed by atoms with van der Waals surface area (Å²) in [5.41, 5.74) is 2.89. The van der Waals surface area contributed by atoms with Gasteiger partial charge in [-0.25, -0.2) is 0 Å². The molecule has 0 bridgehead atoms. The first-order valence-corrected chi connectivity index (χ1v) is 7.32. The van der Waals surface area contributed by atoms with Gasteiger partial charge in [-0.05, 0) is 64.3 Å². The third-order valence-electron chi connectivity index (χ3n) is 4.13. The minimum atomic E-state index is -0.658. The van der Waals surface area contributed by atoms with Crippen LogP contribution in [0.4, 0.5) is 0 Å². The molecule has 0 spiro atoms. The number of carbonyl (C=O) groups is 1. The lowest BCUT2D eigenvalue weighted by Crippen LogP contribution is -2.48. The van der Waals surface area contributed by atoms with Crippen LogP contribution in [-0.2, 0) is 9.53 Å². The molecule has 0 aliphatic heterocycles. The summed E-state index contributed by atoms with van der Waals surface area (Å²) < 4.78 is 10.8. The van der Waals surface area contributed by atoms with E-state index in [-0.39, 0.29) is 5.97 Å². The molecule has 0 aliphatic carbocycles. The van der Waals surface area contributed by atoms with Gasteiger partial charge in [0, 0.05) is 0 Å². The Balaban J connectivity index is 2.59. The highest BCUT2D eigenvalue weighted by atomic mass is 16.5. The molecule has 118 valence electrons. The van der Waals surface area contributed by atoms with Crippen molar-refractivity contribution in [2.75, 3.05) is 20.8 Å². The van der Waals surface area contributed by atoms with E-state index >= 15 is 0 Å². The number of esters is 1. The maximum Gasteiger partial charge on any atom is 0.325 e. The van der Waals surface area contributed by atoms with E-state index in [9.17, 15) is 4.79 Å². The summed E-state index contributed by atoms with van der Waals surface area (Å²) in [6, 6.07) is 4.18. The molecular formula is C17H27NO3. The third kappa shape index (κ3) is 4.21. The van der Waals surface area contributed by atoms with Gasteiger partial charge < -0.3 is 14.8 Å². The van der Waals surface area contributed by atoms with Crippen LogP contribution in [0.5, 0.6) is 5.75 Å². The average Bonchev–Trinajstić information content (AvgIpc) is 2.49. The highest BCUT2D eigenvalue weighted by Crippen LogP contribution is 2.26. The Morgan fingerprint density at radius 2 is 1.86 bits per heavy atom. The lowest BCUT2D eigenvalue weighted by molar-refractivity contribution is -0.148. The van der Waals surface area contributed by atoms with Gasteiger partial charge in [-0.3, -0.25) is 4.79 Å². The largest absolute Gasteiger partial charge is 0.493 e. The number of aryl methyl sites for hydroxylation is 2. The smallest absolute Gasteiger partial charge is 0.325 e. The van der Waals surface area contributed by atoms with Crippen LogP contribution in [0.3, 0.4) is 0 Å². The Labute approximate surface area is 127 Å². The molecule has 0 heterocycles. The molecule has 1 atom stereocenters. The van der Waals surface area contributed by atoms with Crippen LogP contribution >= 0.6 is 0 Å². The SMILES string of the molecule is CNC(C)(CCCOc1c(C)ccc(C)c1C)C(=O)OC. The zero-order chi connectivity index (χ0) is 16.0. The zero-order valence-corrected chi connectivity index (χ0v) is 14.0. The molecule has 1 N–H and O–H groups in total. The van der Waals surface area contributed by atoms with E-state index in [0.717, 1.165) is 17.7 Å². The third-order valence-corrected chi connectivity index (χ3v) is 4.13. The first kappa shape index (κ1) is 17.5. The first-order chi connectivity index (χ1) is 9.85. The van der Waals surface area contributed by atoms with Crippen LogP contribution < -0.4 is 10.1 Å². The Kier molecular flexibility index (Phi) is 6.21. The number of hydrogen-bond acceptors (Lipinski definition) is 4. The predicted molar refractivity (Wildman–Crippen MR) is 84.9 cm³/mol. The summed E-state index contributed by atoms with van der Waals surface area (Å²) in [5.74, 6) is 0.715. The van der Waals surface area contributed by atoms with E-state index in [2.05, 4.69) is 31.3 Å². The number of likely N-dealkylation sites (N-methyl/N-ethyl adjacent to an activating group) is 1. The lowest BCUT2D eigenvalue weighted by atomic mass is 9.96. The molecule has 1 aromatic carbocycles. The van der Waals surface area contributed by atoms with Gasteiger partial charge in [0.15, 0.2) is 0 Å². The van der Waals surface area contributed by atoms with Crippen molar-refractivity contribution in [1.29, 1.82) is 0 Å². The van der Waals surface area contributed by atoms with Crippen LogP contribution in [0.25, 0.3) is 0 Å². The second-order valence-corrected chi connectivity index (χ2v) is 5.68. The number of carbonyl (C=O) groups excluding carboxylic acids is 1. The van der Waals surface area contributed by atoms with Crippen molar-refractivity contribution in [1.82, 2.24) is 5.32 Å². The Morgan fingerprint density at radius 3 is 2.43 bits per heavy atom. The Bertz CT molecular complexity index is 499. The summed E-state index contributed by atoms with van der Waals surface area (Å²) in [4.78, 5) is 11.8. The summed E-state index contributed by atoms with van der Waals surface area (Å²) in [5, 5.41) is 3.03. The molecule has 0 radical (unpaired) electrons. The van der Waals surface area contributed by atoms with Gasteiger partial charge in [0.1, 0.15) is 11.3 Å². The van der Waals surface area contributed by atoms with E-state index in [1.807, 2.05) is 13.8 Å². The number of rotatable bonds is 7. The van der Waals surface area contributed by atoms with Crippen molar-refractivity contribution >= 4 is 5.97 Å². The van der Waals surface area contributed by atoms with Crippen LogP contribution in [-0.4, -0.2) is 32.3 Å². The molecule has 0 saturated heterocycles. The normalized spacial score (nSPS) is 13.6. The number of hydrogen-bond donors (Lipinski definition) is 1. The van der Waals surface area contributed by atoms with Crippen molar-refractivity contribution in [3.05, 3.63) is 28.8 Å². The number of methoxy groups -OCH3 is 1. The van der Waals surface area contributed by atoms with Crippen molar-refractivity contribution in [3.63, 3.8) is 0 Å². The molecule has 4 nitrogen and oxygen atoms in total. The molecule has 1 aromatic rings. The van der Waals surface area contributed by atoms with Crippen LogP contribution in [0.15, 0.2) is 12.1 Å². The predicted octanol–water partition coefficient (Wildman–Crippen LogP) is 2.92. The van der Waals surface area contributed by atoms with E-state index < -0.39 is 5.54 Å². The molecule has 21 heavy (non-hydrogen) atoms. The standard InChI is InChI=1S/C17H27NO3/c1-12-8-9-13(2)15(14(12)3)21-11-7-10-17(4,18-5)16(19)20-6/h8-9,18H,7,10-11H2,1-6H3. The van der Waals surface area contributed by atoms with E-state index in [4.69, 9.17) is 9.47 Å². The zero-order valence-electron chi connectivity index (χ0n) is 14.0. The molecule has 1 rings (SSSR count). The molecule has 0 aliphatic rings. The van der Waals surface area contributed by atoms with Gasteiger partial charge in [0.05, 0.1) is 13.7 Å². The topological polar surface area (TPSA) is 47.6 Å². The highest BCUT2D eigenvalue weighted by Gasteiger charge is 2.31. The number of benzene rings is 1. The van der Waals surface area contributed by atoms with Gasteiger partial charge >= 0.3 is 5.97 Å². The van der Waals surface area contributed by atoms with Gasteiger partial charge in [0.25, 0.3) is 0 Å². The van der Waals surface area contributed by atoms with Crippen molar-refractivity contribution in [2.45, 2.75) is 46.1 Å². The summed E-state index contributed by atoms with van der Waals surface area (Å²) in [6.07, 6.45) is 1.44. The van der Waals surface area contributed by atoms with E-state index in [0.29, 0.717) is 13.0 Å². The monoisotopic (exact) mass is 293 g/mol. The van der Waals surface area contributed by atoms with E-state index in [1.165, 1.54) is 18.2 Å². The van der Waals surface area contributed by atoms with Crippen molar-refractivity contribution in [2.24, 2.45) is 0 Å². The van der Waals surface area contributed by atoms with Crippen LogP contribution in [0.2, 0.25) is 0 Å². The van der Waals surface area contributed by atoms with Gasteiger partial charge in [-0.15, -0.1) is 0 Å². The molecule has 0 saturated carbocycles. The second kappa shape index (κ2) is 7.46. The first-order valence-electron chi connectivity index (χ1n) is 7.32. The van der Waals surface area contributed by atoms with Crippen LogP contribution in [0, 0.1) is 20.8 Å². The highest BCUT2D eigenvalue weighted by molar-refractivity contribution is 5.80. The minimum Gasteiger partial charge on any atom is -0.493 e. The quantitative estimate of drug-likeness (QED) is 0.620. The fourth-order valence-corrected chi connectivity index (χ4v) is 2.30. The molecule has 0 aromatic heterocycles. The summed E-state index contributed by atoms with van der Waals surface area (Å²) in [6.45, 7) is 8.64. The van der Waals surface area contributed by atoms with E-state index in [1.54, 1.807) is 7.05 Å². The van der Waals surface area contributed by atoms with Crippen LogP contribution in [0.1, 0.15) is 36.5 Å². The average molecular weight is 293 g/mol. The molecule has 1 unspecified atom stereocenters. The Morgan fingerprint density at radius 1 is 1.24 bits per heavy atom. The fraction of sp³-hybridized carbons (Fsp3) is 0.588. The summed E-state index contributed by atoms with van der Waals surface area (Å²) in [7, 11) is 3.18. The number of ether oxygens (including phenoxy) is 2. The fourth-order valence-electron chi connectivity index (χ4n) is 2.30. The molecule has 4 heteroatoms. The van der Waals surface area contributed by atoms with Gasteiger partial charge in [-0.2, -0.15) is 0 Å².